The lowest BCUT2D eigenvalue weighted by atomic mass is 11.4. The van der Waals surface area contributed by atoms with Gasteiger partial charge in [0.25, 0.3) is 0 Å². The smallest absolute Gasteiger partial charge is 0.249 e. The first-order valence-corrected chi connectivity index (χ1v) is 1.59. The highest BCUT2D eigenvalue weighted by Gasteiger charge is 1.83. The van der Waals surface area contributed by atoms with Gasteiger partial charge in [-0.3, -0.25) is 9.63 Å². The maximum absolute atomic E-state index is 9.40. The van der Waals surface area contributed by atoms with Gasteiger partial charge in [0.2, 0.25) is 6.41 Å². The number of hydrogen-bond donors (Lipinski definition) is 0. The van der Waals surface area contributed by atoms with Gasteiger partial charge in [0.05, 0.1) is 7.11 Å². The Kier molecular flexibility index (Phi) is 2.80. The first kappa shape index (κ1) is 5.72. The predicted molar refractivity (Wildman–Crippen MR) is 20.8 cm³/mol. The van der Waals surface area contributed by atoms with E-state index in [9.17, 15) is 4.79 Å². The summed E-state index contributed by atoms with van der Waals surface area (Å²) in [7, 11) is 1.29. The SMILES string of the molecule is CON(Cl)C=O. The molecule has 0 aliphatic heterocycles. The molecule has 0 spiro atoms. The number of carbonyl (C=O) groups is 1. The number of hydrogen-bond acceptors (Lipinski definition) is 2. The summed E-state index contributed by atoms with van der Waals surface area (Å²) >= 11 is 4.89. The Labute approximate surface area is 40.5 Å². The zero-order chi connectivity index (χ0) is 4.99. The van der Waals surface area contributed by atoms with Crippen LogP contribution in [0.4, 0.5) is 0 Å². The summed E-state index contributed by atoms with van der Waals surface area (Å²) in [5.41, 5.74) is 0. The Morgan fingerprint density at radius 1 is 2.00 bits per heavy atom. The summed E-state index contributed by atoms with van der Waals surface area (Å²) in [6, 6.07) is 0. The summed E-state index contributed by atoms with van der Waals surface area (Å²) in [4.78, 5) is 13.5. The van der Waals surface area contributed by atoms with Gasteiger partial charge in [-0.1, -0.05) is 0 Å². The van der Waals surface area contributed by atoms with Gasteiger partial charge in [0.1, 0.15) is 0 Å². The van der Waals surface area contributed by atoms with Crippen molar-refractivity contribution in [1.29, 1.82) is 0 Å². The van der Waals surface area contributed by atoms with E-state index < -0.39 is 0 Å². The molecule has 1 amide bonds. The van der Waals surface area contributed by atoms with Crippen molar-refractivity contribution >= 4 is 18.2 Å². The molecule has 0 heterocycles. The Morgan fingerprint density at radius 2 is 2.50 bits per heavy atom. The van der Waals surface area contributed by atoms with Crippen LogP contribution in [0.5, 0.6) is 0 Å². The Bertz CT molecular complexity index is 48.8. The molecule has 3 nitrogen and oxygen atoms in total. The molecule has 0 aromatic carbocycles. The molecular weight excluding hydrogens is 105 g/mol. The minimum absolute atomic E-state index is 0.349. The molecule has 0 rings (SSSR count). The van der Waals surface area contributed by atoms with Crippen LogP contribution < -0.4 is 0 Å². The standard InChI is InChI=1S/C2H4ClNO2/c1-6-4(3)2-5/h2H,1H3. The van der Waals surface area contributed by atoms with Crippen LogP contribution in [-0.2, 0) is 9.63 Å². The third-order valence-corrected chi connectivity index (χ3v) is 0.475. The number of hydroxylamine groups is 1. The van der Waals surface area contributed by atoms with E-state index >= 15 is 0 Å². The van der Waals surface area contributed by atoms with Gasteiger partial charge in [0, 0.05) is 11.8 Å². The molecule has 0 N–H and O–H groups in total. The highest BCUT2D eigenvalue weighted by molar-refractivity contribution is 6.17. The highest BCUT2D eigenvalue weighted by atomic mass is 35.5. The fourth-order valence-electron chi connectivity index (χ4n) is 0.0430. The second-order valence-corrected chi connectivity index (χ2v) is 0.893. The lowest BCUT2D eigenvalue weighted by Gasteiger charge is -1.97. The van der Waals surface area contributed by atoms with E-state index in [-0.39, 0.29) is 0 Å². The van der Waals surface area contributed by atoms with E-state index in [1.165, 1.54) is 7.11 Å². The van der Waals surface area contributed by atoms with E-state index in [1.54, 1.807) is 0 Å². The summed E-state index contributed by atoms with van der Waals surface area (Å²) in [5, 5.41) is 0. The number of rotatable bonds is 2. The molecule has 0 aromatic heterocycles. The van der Waals surface area contributed by atoms with Crippen LogP contribution in [0.3, 0.4) is 0 Å². The molecule has 0 fully saturated rings. The van der Waals surface area contributed by atoms with Gasteiger partial charge in [-0.05, 0) is 0 Å². The van der Waals surface area contributed by atoms with E-state index in [4.69, 9.17) is 11.8 Å². The summed E-state index contributed by atoms with van der Waals surface area (Å²) in [6.45, 7) is 0. The largest absolute Gasteiger partial charge is 0.275 e. The molecule has 6 heavy (non-hydrogen) atoms. The van der Waals surface area contributed by atoms with Crippen molar-refractivity contribution in [3.63, 3.8) is 0 Å². The second-order valence-electron chi connectivity index (χ2n) is 0.560. The van der Waals surface area contributed by atoms with Crippen LogP contribution in [0.15, 0.2) is 0 Å². The highest BCUT2D eigenvalue weighted by Crippen LogP contribution is 1.82. The maximum atomic E-state index is 9.40. The lowest BCUT2D eigenvalue weighted by Crippen LogP contribution is -2.05. The summed E-state index contributed by atoms with van der Waals surface area (Å²) in [5.74, 6) is 0. The number of carbonyl (C=O) groups excluding carboxylic acids is 1. The van der Waals surface area contributed by atoms with Crippen LogP contribution in [0.2, 0.25) is 0 Å². The van der Waals surface area contributed by atoms with E-state index in [0.717, 1.165) is 0 Å². The average Bonchev–Trinajstić information content (AvgIpc) is 1.65. The molecule has 0 aromatic rings. The van der Waals surface area contributed by atoms with Gasteiger partial charge in [-0.25, -0.2) is 0 Å². The molecule has 36 valence electrons. The van der Waals surface area contributed by atoms with E-state index in [2.05, 4.69) is 4.84 Å². The number of amides is 1. The molecule has 0 bridgehead atoms. The van der Waals surface area contributed by atoms with E-state index in [0.29, 0.717) is 11.0 Å². The number of nitrogens with zero attached hydrogens (tertiary/aromatic N) is 1. The first-order chi connectivity index (χ1) is 2.81. The fraction of sp³-hybridized carbons (Fsp3) is 0.500. The maximum Gasteiger partial charge on any atom is 0.249 e. The van der Waals surface area contributed by atoms with Crippen LogP contribution >= 0.6 is 11.8 Å². The van der Waals surface area contributed by atoms with Crippen molar-refractivity contribution in [2.24, 2.45) is 0 Å². The molecule has 0 radical (unpaired) electrons. The Hall–Kier alpha value is -0.280. The zero-order valence-electron chi connectivity index (χ0n) is 3.22. The van der Waals surface area contributed by atoms with Crippen molar-refractivity contribution in [3.05, 3.63) is 0 Å². The third-order valence-electron chi connectivity index (χ3n) is 0.257. The van der Waals surface area contributed by atoms with Crippen LogP contribution in [-0.4, -0.2) is 18.1 Å². The van der Waals surface area contributed by atoms with Gasteiger partial charge >= 0.3 is 0 Å². The quantitative estimate of drug-likeness (QED) is 0.287. The average molecular weight is 110 g/mol. The Balaban J connectivity index is 2.96. The first-order valence-electron chi connectivity index (χ1n) is 1.25. The molecule has 0 aliphatic carbocycles. The van der Waals surface area contributed by atoms with Crippen LogP contribution in [0.25, 0.3) is 0 Å². The fourth-order valence-corrected chi connectivity index (χ4v) is 0.0430. The van der Waals surface area contributed by atoms with Crippen molar-refractivity contribution in [3.8, 4) is 0 Å². The molecule has 0 unspecified atom stereocenters. The summed E-state index contributed by atoms with van der Waals surface area (Å²) in [6.07, 6.45) is 0.349. The van der Waals surface area contributed by atoms with Crippen LogP contribution in [0, 0.1) is 0 Å². The molecular formula is C2H4ClNO2. The Morgan fingerprint density at radius 3 is 2.50 bits per heavy atom. The van der Waals surface area contributed by atoms with Crippen LogP contribution in [0.1, 0.15) is 0 Å². The molecule has 0 atom stereocenters. The molecule has 0 saturated heterocycles. The molecule has 0 aliphatic rings. The second kappa shape index (κ2) is 2.93. The van der Waals surface area contributed by atoms with Crippen molar-refractivity contribution < 1.29 is 9.63 Å². The summed E-state index contributed by atoms with van der Waals surface area (Å²) < 4.78 is 0.542. The topological polar surface area (TPSA) is 29.5 Å². The monoisotopic (exact) mass is 109 g/mol. The number of halogens is 1. The van der Waals surface area contributed by atoms with Crippen molar-refractivity contribution in [2.75, 3.05) is 7.11 Å². The normalized spacial score (nSPS) is 7.67. The van der Waals surface area contributed by atoms with Crippen molar-refractivity contribution in [2.45, 2.75) is 0 Å². The molecule has 4 heteroatoms. The van der Waals surface area contributed by atoms with Crippen molar-refractivity contribution in [1.82, 2.24) is 4.58 Å². The third kappa shape index (κ3) is 1.99. The lowest BCUT2D eigenvalue weighted by molar-refractivity contribution is -0.137. The molecule has 0 saturated carbocycles. The van der Waals surface area contributed by atoms with Gasteiger partial charge in [0.15, 0.2) is 0 Å². The van der Waals surface area contributed by atoms with Gasteiger partial charge in [-0.2, -0.15) is 0 Å². The predicted octanol–water partition coefficient (Wildman–Crippen LogP) is 0.160. The van der Waals surface area contributed by atoms with Gasteiger partial charge < -0.3 is 0 Å². The zero-order valence-corrected chi connectivity index (χ0v) is 3.97. The minimum Gasteiger partial charge on any atom is -0.275 e. The minimum atomic E-state index is 0.349. The van der Waals surface area contributed by atoms with Gasteiger partial charge in [-0.15, -0.1) is 4.58 Å². The van der Waals surface area contributed by atoms with E-state index in [1.807, 2.05) is 0 Å².